The van der Waals surface area contributed by atoms with Crippen LogP contribution in [0.5, 0.6) is 5.75 Å². The van der Waals surface area contributed by atoms with Crippen molar-refractivity contribution in [2.24, 2.45) is 11.1 Å². The average Bonchev–Trinajstić information content (AvgIpc) is 3.37. The zero-order valence-electron chi connectivity index (χ0n) is 19.0. The van der Waals surface area contributed by atoms with Crippen LogP contribution in [0, 0.1) is 5.41 Å². The lowest BCUT2D eigenvalue weighted by Gasteiger charge is -2.24. The van der Waals surface area contributed by atoms with Crippen LogP contribution in [0.2, 0.25) is 0 Å². The minimum absolute atomic E-state index is 0.115. The Morgan fingerprint density at radius 3 is 2.35 bits per heavy atom. The topological polar surface area (TPSA) is 83.5 Å². The second kappa shape index (κ2) is 8.07. The second-order valence-corrected chi connectivity index (χ2v) is 9.63. The number of aromatic nitrogens is 1. The fourth-order valence-electron chi connectivity index (χ4n) is 4.02. The van der Waals surface area contributed by atoms with Gasteiger partial charge in [0.25, 0.3) is 5.91 Å². The van der Waals surface area contributed by atoms with E-state index < -0.39 is 29.0 Å². The van der Waals surface area contributed by atoms with Gasteiger partial charge in [-0.3, -0.25) is 9.59 Å². The second-order valence-electron chi connectivity index (χ2n) is 9.63. The van der Waals surface area contributed by atoms with Crippen LogP contribution in [0.25, 0.3) is 16.6 Å². The van der Waals surface area contributed by atoms with E-state index in [9.17, 15) is 22.8 Å². The van der Waals surface area contributed by atoms with Crippen molar-refractivity contribution in [3.05, 3.63) is 59.8 Å². The van der Waals surface area contributed by atoms with E-state index in [1.165, 1.54) is 28.8 Å². The molecule has 0 aliphatic heterocycles. The lowest BCUT2D eigenvalue weighted by atomic mass is 9.96. The summed E-state index contributed by atoms with van der Waals surface area (Å²) in [6.45, 7) is 5.46. The highest BCUT2D eigenvalue weighted by molar-refractivity contribution is 5.99. The van der Waals surface area contributed by atoms with E-state index in [0.717, 1.165) is 5.56 Å². The van der Waals surface area contributed by atoms with Gasteiger partial charge < -0.3 is 19.8 Å². The number of fused-ring (bicyclic) bond motifs is 1. The number of nitrogens with zero attached hydrogens (tertiary/aromatic N) is 1. The maximum Gasteiger partial charge on any atom is 0.573 e. The van der Waals surface area contributed by atoms with Gasteiger partial charge in [0.2, 0.25) is 0 Å². The summed E-state index contributed by atoms with van der Waals surface area (Å²) in [6.07, 6.45) is -2.98. The number of nitrogens with two attached hydrogens (primary N) is 1. The zero-order valence-corrected chi connectivity index (χ0v) is 19.0. The minimum atomic E-state index is -4.85. The molecule has 0 unspecified atom stereocenters. The number of alkyl halides is 3. The van der Waals surface area contributed by atoms with Crippen molar-refractivity contribution in [2.45, 2.75) is 52.0 Å². The molecule has 0 spiro atoms. The highest BCUT2D eigenvalue weighted by Gasteiger charge is 2.52. The van der Waals surface area contributed by atoms with E-state index in [2.05, 4.69) is 4.74 Å². The van der Waals surface area contributed by atoms with Crippen molar-refractivity contribution in [1.29, 1.82) is 0 Å². The van der Waals surface area contributed by atoms with Crippen molar-refractivity contribution in [2.75, 3.05) is 0 Å². The van der Waals surface area contributed by atoms with E-state index in [-0.39, 0.29) is 11.7 Å². The number of halogens is 3. The Morgan fingerprint density at radius 1 is 1.06 bits per heavy atom. The summed E-state index contributed by atoms with van der Waals surface area (Å²) < 4.78 is 49.4. The summed E-state index contributed by atoms with van der Waals surface area (Å²) in [6, 6.07) is 12.5. The largest absolute Gasteiger partial charge is 0.573 e. The first-order valence-corrected chi connectivity index (χ1v) is 10.8. The molecule has 0 radical (unpaired) electrons. The number of amides is 1. The monoisotopic (exact) mass is 474 g/mol. The van der Waals surface area contributed by atoms with Gasteiger partial charge in [-0.1, -0.05) is 12.1 Å². The normalized spacial score (nSPS) is 15.2. The van der Waals surface area contributed by atoms with Crippen LogP contribution in [0.3, 0.4) is 0 Å². The maximum atomic E-state index is 12.7. The van der Waals surface area contributed by atoms with Crippen LogP contribution in [-0.2, 0) is 16.0 Å². The van der Waals surface area contributed by atoms with Gasteiger partial charge in [-0.05, 0) is 75.9 Å². The van der Waals surface area contributed by atoms with E-state index in [4.69, 9.17) is 10.5 Å². The quantitative estimate of drug-likeness (QED) is 0.492. The molecular formula is C25H25F3N2O4. The van der Waals surface area contributed by atoms with Crippen LogP contribution in [0.4, 0.5) is 13.2 Å². The van der Waals surface area contributed by atoms with Gasteiger partial charge in [-0.2, -0.15) is 0 Å². The third kappa shape index (κ3) is 5.03. The van der Waals surface area contributed by atoms with Crippen molar-refractivity contribution >= 4 is 22.8 Å². The fourth-order valence-corrected chi connectivity index (χ4v) is 4.02. The van der Waals surface area contributed by atoms with E-state index in [0.29, 0.717) is 35.9 Å². The van der Waals surface area contributed by atoms with Crippen LogP contribution in [-0.4, -0.2) is 28.4 Å². The molecule has 1 amide bonds. The average molecular weight is 474 g/mol. The lowest BCUT2D eigenvalue weighted by molar-refractivity contribution is -0.274. The molecule has 0 atom stereocenters. The molecule has 1 aliphatic rings. The van der Waals surface area contributed by atoms with Crippen molar-refractivity contribution < 1.29 is 32.2 Å². The SMILES string of the molecule is CC(C)(C)OC(=O)C1(Cc2cccc(-n3c(C(N)=O)cc4ccc(OC(F)(F)F)cc43)c2)CC1. The molecule has 2 N–H and O–H groups in total. The van der Waals surface area contributed by atoms with Crippen LogP contribution < -0.4 is 10.5 Å². The van der Waals surface area contributed by atoms with Crippen LogP contribution in [0.15, 0.2) is 48.5 Å². The molecule has 9 heteroatoms. The zero-order chi connectivity index (χ0) is 24.9. The minimum Gasteiger partial charge on any atom is -0.460 e. The first-order chi connectivity index (χ1) is 15.8. The number of ether oxygens (including phenoxy) is 2. The summed E-state index contributed by atoms with van der Waals surface area (Å²) in [5.74, 6) is -1.38. The van der Waals surface area contributed by atoms with E-state index >= 15 is 0 Å². The summed E-state index contributed by atoms with van der Waals surface area (Å²) in [5, 5.41) is 0.529. The van der Waals surface area contributed by atoms with Gasteiger partial charge in [0.05, 0.1) is 10.9 Å². The van der Waals surface area contributed by atoms with Crippen LogP contribution >= 0.6 is 0 Å². The number of rotatable bonds is 6. The smallest absolute Gasteiger partial charge is 0.460 e. The molecule has 0 bridgehead atoms. The van der Waals surface area contributed by atoms with Crippen molar-refractivity contribution in [3.8, 4) is 11.4 Å². The number of benzene rings is 2. The molecule has 3 aromatic rings. The molecule has 1 heterocycles. The molecule has 4 rings (SSSR count). The third-order valence-corrected chi connectivity index (χ3v) is 5.66. The van der Waals surface area contributed by atoms with Gasteiger partial charge in [0.1, 0.15) is 17.0 Å². The number of esters is 1. The van der Waals surface area contributed by atoms with E-state index in [1.54, 1.807) is 18.2 Å². The van der Waals surface area contributed by atoms with Gasteiger partial charge in [0.15, 0.2) is 0 Å². The number of carbonyl (C=O) groups excluding carboxylic acids is 2. The highest BCUT2D eigenvalue weighted by Crippen LogP contribution is 2.50. The Hall–Kier alpha value is -3.49. The summed E-state index contributed by atoms with van der Waals surface area (Å²) in [7, 11) is 0. The fraction of sp³-hybridized carbons (Fsp3) is 0.360. The Balaban J connectivity index is 1.73. The first kappa shape index (κ1) is 23.7. The molecule has 2 aromatic carbocycles. The van der Waals surface area contributed by atoms with Gasteiger partial charge in [0, 0.05) is 17.1 Å². The summed E-state index contributed by atoms with van der Waals surface area (Å²) in [4.78, 5) is 24.9. The third-order valence-electron chi connectivity index (χ3n) is 5.66. The molecule has 1 aromatic heterocycles. The summed E-state index contributed by atoms with van der Waals surface area (Å²) in [5.41, 5.74) is 6.20. The van der Waals surface area contributed by atoms with Gasteiger partial charge in [-0.15, -0.1) is 13.2 Å². The summed E-state index contributed by atoms with van der Waals surface area (Å²) >= 11 is 0. The number of hydrogen-bond donors (Lipinski definition) is 1. The predicted molar refractivity (Wildman–Crippen MR) is 120 cm³/mol. The number of hydrogen-bond acceptors (Lipinski definition) is 4. The van der Waals surface area contributed by atoms with Gasteiger partial charge >= 0.3 is 12.3 Å². The lowest BCUT2D eigenvalue weighted by Crippen LogP contribution is -2.30. The molecule has 1 aliphatic carbocycles. The predicted octanol–water partition coefficient (Wildman–Crippen LogP) is 5.29. The van der Waals surface area contributed by atoms with Crippen molar-refractivity contribution in [1.82, 2.24) is 4.57 Å². The van der Waals surface area contributed by atoms with Crippen LogP contribution in [0.1, 0.15) is 49.7 Å². The van der Waals surface area contributed by atoms with E-state index in [1.807, 2.05) is 26.8 Å². The Kier molecular flexibility index (Phi) is 5.62. The Bertz CT molecular complexity index is 1270. The maximum absolute atomic E-state index is 12.7. The highest BCUT2D eigenvalue weighted by atomic mass is 19.4. The Morgan fingerprint density at radius 2 is 1.76 bits per heavy atom. The van der Waals surface area contributed by atoms with Crippen molar-refractivity contribution in [3.63, 3.8) is 0 Å². The first-order valence-electron chi connectivity index (χ1n) is 10.8. The van der Waals surface area contributed by atoms with Gasteiger partial charge in [-0.25, -0.2) is 0 Å². The molecule has 1 fully saturated rings. The Labute approximate surface area is 194 Å². The molecule has 1 saturated carbocycles. The molecule has 180 valence electrons. The number of carbonyl (C=O) groups is 2. The molecule has 0 saturated heterocycles. The standard InChI is InChI=1S/C25H25F3N2O4/c1-23(2,3)34-22(32)24(9-10-24)14-15-5-4-6-17(11-15)30-19-13-18(33-25(26,27)28)8-7-16(19)12-20(30)21(29)31/h4-8,11-13H,9-10,14H2,1-3H3,(H2,29,31). The molecular weight excluding hydrogens is 449 g/mol. The molecule has 34 heavy (non-hydrogen) atoms. The number of primary amides is 1. The molecule has 6 nitrogen and oxygen atoms in total.